The van der Waals surface area contributed by atoms with Gasteiger partial charge in [-0.05, 0) is 7.05 Å². The third kappa shape index (κ3) is 1.04. The first-order chi connectivity index (χ1) is 5.81. The molecule has 4 nitrogen and oxygen atoms in total. The fourth-order valence-corrected chi connectivity index (χ4v) is 1.53. The zero-order valence-electron chi connectivity index (χ0n) is 6.95. The van der Waals surface area contributed by atoms with Crippen molar-refractivity contribution in [2.24, 2.45) is 0 Å². The van der Waals surface area contributed by atoms with Crippen LogP contribution >= 0.6 is 0 Å². The zero-order valence-corrected chi connectivity index (χ0v) is 6.95. The Morgan fingerprint density at radius 3 is 3.42 bits per heavy atom. The molecule has 12 heavy (non-hydrogen) atoms. The predicted octanol–water partition coefficient (Wildman–Crippen LogP) is -0.0349. The van der Waals surface area contributed by atoms with Crippen LogP contribution in [0.3, 0.4) is 0 Å². The van der Waals surface area contributed by atoms with E-state index in [2.05, 4.69) is 9.97 Å². The van der Waals surface area contributed by atoms with Gasteiger partial charge in [0, 0.05) is 18.7 Å². The van der Waals surface area contributed by atoms with Gasteiger partial charge in [0.05, 0.1) is 18.1 Å². The number of hydrogen-bond acceptors (Lipinski definition) is 3. The summed E-state index contributed by atoms with van der Waals surface area (Å²) >= 11 is 0. The Labute approximate surface area is 70.6 Å². The quantitative estimate of drug-likeness (QED) is 0.594. The molecule has 2 heterocycles. The molecule has 0 saturated carbocycles. The largest absolute Gasteiger partial charge is 0.348 e. The molecule has 0 aliphatic carbocycles. The van der Waals surface area contributed by atoms with Gasteiger partial charge in [0.2, 0.25) is 0 Å². The topological polar surface area (TPSA) is 49.0 Å². The number of carbonyl (C=O) groups is 1. The van der Waals surface area contributed by atoms with Crippen LogP contribution in [0.25, 0.3) is 0 Å². The molecule has 0 radical (unpaired) electrons. The molecular weight excluding hydrogens is 154 g/mol. The average molecular weight is 165 g/mol. The number of carbonyl (C=O) groups excluding carboxylic acids is 1. The molecule has 0 spiro atoms. The van der Waals surface area contributed by atoms with E-state index in [4.69, 9.17) is 0 Å². The van der Waals surface area contributed by atoms with Gasteiger partial charge in [0.15, 0.2) is 0 Å². The number of nitrogens with one attached hydrogen (secondary N) is 1. The van der Waals surface area contributed by atoms with Gasteiger partial charge in [-0.2, -0.15) is 0 Å². The molecule has 1 unspecified atom stereocenters. The van der Waals surface area contributed by atoms with Gasteiger partial charge in [0.25, 0.3) is 0 Å². The van der Waals surface area contributed by atoms with E-state index in [-0.39, 0.29) is 6.04 Å². The highest BCUT2D eigenvalue weighted by Crippen LogP contribution is 2.17. The van der Waals surface area contributed by atoms with E-state index < -0.39 is 0 Å². The van der Waals surface area contributed by atoms with Gasteiger partial charge < -0.3 is 9.78 Å². The Bertz CT molecular complexity index is 294. The molecule has 0 fully saturated rings. The zero-order chi connectivity index (χ0) is 8.55. The Hall–Kier alpha value is -1.16. The van der Waals surface area contributed by atoms with Crippen molar-refractivity contribution in [2.75, 3.05) is 7.05 Å². The van der Waals surface area contributed by atoms with Crippen molar-refractivity contribution in [2.45, 2.75) is 19.0 Å². The van der Waals surface area contributed by atoms with Gasteiger partial charge in [-0.1, -0.05) is 0 Å². The lowest BCUT2D eigenvalue weighted by Gasteiger charge is -2.27. The summed E-state index contributed by atoms with van der Waals surface area (Å²) in [6.45, 7) is 0.766. The van der Waals surface area contributed by atoms with Crippen LogP contribution < -0.4 is 0 Å². The second-order valence-electron chi connectivity index (χ2n) is 3.15. The summed E-state index contributed by atoms with van der Waals surface area (Å²) < 4.78 is 0. The number of aldehydes is 1. The number of H-pyrrole nitrogens is 1. The monoisotopic (exact) mass is 165 g/mol. The maximum Gasteiger partial charge on any atom is 0.137 e. The highest BCUT2D eigenvalue weighted by molar-refractivity contribution is 5.59. The van der Waals surface area contributed by atoms with Gasteiger partial charge in [-0.25, -0.2) is 4.98 Å². The molecule has 1 aromatic rings. The summed E-state index contributed by atoms with van der Waals surface area (Å²) in [5, 5.41) is 0. The lowest BCUT2D eigenvalue weighted by Crippen LogP contribution is -2.38. The molecule has 1 N–H and O–H groups in total. The molecule has 2 rings (SSSR count). The lowest BCUT2D eigenvalue weighted by molar-refractivity contribution is -0.112. The summed E-state index contributed by atoms with van der Waals surface area (Å²) in [6, 6.07) is 0.0120. The van der Waals surface area contributed by atoms with Gasteiger partial charge >= 0.3 is 0 Å². The number of fused-ring (bicyclic) bond motifs is 1. The van der Waals surface area contributed by atoms with Crippen molar-refractivity contribution in [1.82, 2.24) is 14.9 Å². The number of nitrogens with zero attached hydrogens (tertiary/aromatic N) is 2. The number of aromatic amines is 1. The molecule has 1 atom stereocenters. The molecule has 0 amide bonds. The van der Waals surface area contributed by atoms with E-state index in [9.17, 15) is 4.79 Å². The second-order valence-corrected chi connectivity index (χ2v) is 3.15. The van der Waals surface area contributed by atoms with Crippen LogP contribution in [-0.2, 0) is 17.8 Å². The Morgan fingerprint density at radius 2 is 2.67 bits per heavy atom. The van der Waals surface area contributed by atoms with Crippen molar-refractivity contribution in [1.29, 1.82) is 0 Å². The number of likely N-dealkylation sites (N-methyl/N-ethyl adjacent to an activating group) is 1. The fourth-order valence-electron chi connectivity index (χ4n) is 1.53. The summed E-state index contributed by atoms with van der Waals surface area (Å²) in [5.41, 5.74) is 2.17. The first kappa shape index (κ1) is 7.49. The van der Waals surface area contributed by atoms with Crippen LogP contribution in [0.15, 0.2) is 6.33 Å². The van der Waals surface area contributed by atoms with Gasteiger partial charge in [-0.15, -0.1) is 0 Å². The highest BCUT2D eigenvalue weighted by atomic mass is 16.1. The molecular formula is C8H11N3O. The SMILES string of the molecule is CN1Cc2nc[nH]c2CC1C=O. The molecule has 1 aliphatic heterocycles. The standard InChI is InChI=1S/C8H11N3O/c1-11-3-8-7(9-5-10-8)2-6(11)4-12/h4-6H,2-3H2,1H3,(H,9,10). The minimum Gasteiger partial charge on any atom is -0.348 e. The van der Waals surface area contributed by atoms with Gasteiger partial charge in [-0.3, -0.25) is 4.90 Å². The second kappa shape index (κ2) is 2.71. The number of imidazole rings is 1. The maximum atomic E-state index is 10.6. The van der Waals surface area contributed by atoms with Gasteiger partial charge in [0.1, 0.15) is 6.29 Å². The third-order valence-electron chi connectivity index (χ3n) is 2.34. The number of hydrogen-bond donors (Lipinski definition) is 1. The van der Waals surface area contributed by atoms with Crippen molar-refractivity contribution in [3.8, 4) is 0 Å². The molecule has 1 aromatic heterocycles. The average Bonchev–Trinajstić information content (AvgIpc) is 2.49. The first-order valence-electron chi connectivity index (χ1n) is 3.98. The summed E-state index contributed by atoms with van der Waals surface area (Å²) in [5.74, 6) is 0. The van der Waals surface area contributed by atoms with E-state index in [1.54, 1.807) is 6.33 Å². The van der Waals surface area contributed by atoms with E-state index in [0.29, 0.717) is 0 Å². The van der Waals surface area contributed by atoms with Crippen LogP contribution in [0.4, 0.5) is 0 Å². The summed E-state index contributed by atoms with van der Waals surface area (Å²) in [4.78, 5) is 19.8. The van der Waals surface area contributed by atoms with E-state index in [0.717, 1.165) is 30.6 Å². The van der Waals surface area contributed by atoms with E-state index >= 15 is 0 Å². The highest BCUT2D eigenvalue weighted by Gasteiger charge is 2.23. The summed E-state index contributed by atoms with van der Waals surface area (Å²) in [7, 11) is 1.94. The summed E-state index contributed by atoms with van der Waals surface area (Å²) in [6.07, 6.45) is 3.44. The lowest BCUT2D eigenvalue weighted by atomic mass is 10.1. The Balaban J connectivity index is 2.28. The van der Waals surface area contributed by atoms with Crippen LogP contribution in [0.1, 0.15) is 11.4 Å². The van der Waals surface area contributed by atoms with Crippen LogP contribution in [0.2, 0.25) is 0 Å². The van der Waals surface area contributed by atoms with Crippen molar-refractivity contribution >= 4 is 6.29 Å². The minimum absolute atomic E-state index is 0.0120. The maximum absolute atomic E-state index is 10.6. The van der Waals surface area contributed by atoms with Crippen molar-refractivity contribution < 1.29 is 4.79 Å². The van der Waals surface area contributed by atoms with Crippen molar-refractivity contribution in [3.05, 3.63) is 17.7 Å². The molecule has 64 valence electrons. The first-order valence-corrected chi connectivity index (χ1v) is 3.98. The molecule has 4 heteroatoms. The van der Waals surface area contributed by atoms with E-state index in [1.165, 1.54) is 0 Å². The number of aromatic nitrogens is 2. The molecule has 0 bridgehead atoms. The fraction of sp³-hybridized carbons (Fsp3) is 0.500. The van der Waals surface area contributed by atoms with Crippen LogP contribution in [-0.4, -0.2) is 34.2 Å². The molecule has 1 aliphatic rings. The smallest absolute Gasteiger partial charge is 0.137 e. The Morgan fingerprint density at radius 1 is 1.83 bits per heavy atom. The molecule has 0 aromatic carbocycles. The number of rotatable bonds is 1. The van der Waals surface area contributed by atoms with E-state index in [1.807, 2.05) is 11.9 Å². The predicted molar refractivity (Wildman–Crippen MR) is 43.6 cm³/mol. The minimum atomic E-state index is 0.0120. The Kier molecular flexibility index (Phi) is 1.69. The van der Waals surface area contributed by atoms with Crippen LogP contribution in [0, 0.1) is 0 Å². The third-order valence-corrected chi connectivity index (χ3v) is 2.34. The van der Waals surface area contributed by atoms with Crippen molar-refractivity contribution in [3.63, 3.8) is 0 Å². The molecule has 0 saturated heterocycles. The van der Waals surface area contributed by atoms with Crippen LogP contribution in [0.5, 0.6) is 0 Å². The normalized spacial score (nSPS) is 23.6.